The fourth-order valence-electron chi connectivity index (χ4n) is 9.14. The molecule has 31 heavy (non-hydrogen) atoms. The van der Waals surface area contributed by atoms with E-state index in [1.807, 2.05) is 0 Å². The largest absolute Gasteiger partial charge is 0.414 e. The second-order valence-electron chi connectivity index (χ2n) is 12.1. The van der Waals surface area contributed by atoms with Gasteiger partial charge in [-0.15, -0.1) is 0 Å². The van der Waals surface area contributed by atoms with Crippen LogP contribution in [0.25, 0.3) is 0 Å². The molecule has 2 N–H and O–H groups in total. The summed E-state index contributed by atoms with van der Waals surface area (Å²) in [4.78, 5) is 0. The quantitative estimate of drug-likeness (QED) is 0.593. The molecule has 0 aliphatic heterocycles. The van der Waals surface area contributed by atoms with Crippen molar-refractivity contribution in [2.75, 3.05) is 13.7 Å². The highest BCUT2D eigenvalue weighted by Crippen LogP contribution is 2.69. The molecule has 4 aliphatic carbocycles. The van der Waals surface area contributed by atoms with Gasteiger partial charge in [-0.2, -0.15) is 13.2 Å². The van der Waals surface area contributed by atoms with E-state index in [1.54, 1.807) is 14.0 Å². The first kappa shape index (κ1) is 23.8. The molecule has 0 aromatic carbocycles. The van der Waals surface area contributed by atoms with Crippen LogP contribution in [0.5, 0.6) is 0 Å². The van der Waals surface area contributed by atoms with E-state index < -0.39 is 23.8 Å². The van der Waals surface area contributed by atoms with Crippen molar-refractivity contribution in [1.82, 2.24) is 0 Å². The number of alkyl halides is 3. The van der Waals surface area contributed by atoms with E-state index in [9.17, 15) is 23.4 Å². The summed E-state index contributed by atoms with van der Waals surface area (Å²) in [5.41, 5.74) is -0.614. The van der Waals surface area contributed by atoms with Crippen molar-refractivity contribution < 1.29 is 28.1 Å². The van der Waals surface area contributed by atoms with E-state index in [1.165, 1.54) is 0 Å². The highest BCUT2D eigenvalue weighted by Gasteiger charge is 2.62. The molecule has 0 saturated heterocycles. The second kappa shape index (κ2) is 7.87. The third-order valence-electron chi connectivity index (χ3n) is 10.8. The average Bonchev–Trinajstić information content (AvgIpc) is 3.04. The van der Waals surface area contributed by atoms with Crippen LogP contribution < -0.4 is 0 Å². The number of ether oxygens (including phenoxy) is 1. The van der Waals surface area contributed by atoms with Crippen LogP contribution >= 0.6 is 0 Å². The molecule has 3 nitrogen and oxygen atoms in total. The van der Waals surface area contributed by atoms with E-state index in [4.69, 9.17) is 4.74 Å². The van der Waals surface area contributed by atoms with Gasteiger partial charge in [-0.05, 0) is 104 Å². The summed E-state index contributed by atoms with van der Waals surface area (Å²) in [5.74, 6) is 1.29. The third kappa shape index (κ3) is 3.77. The van der Waals surface area contributed by atoms with Gasteiger partial charge in [-0.25, -0.2) is 0 Å². The summed E-state index contributed by atoms with van der Waals surface area (Å²) in [6.45, 7) is 6.65. The predicted octanol–water partition coefficient (Wildman–Crippen LogP) is 5.58. The average molecular weight is 447 g/mol. The van der Waals surface area contributed by atoms with Crippen LogP contribution in [0, 0.1) is 46.3 Å². The van der Waals surface area contributed by atoms with Gasteiger partial charge in [0.05, 0.1) is 12.2 Å². The molecule has 0 heterocycles. The fourth-order valence-corrected chi connectivity index (χ4v) is 9.14. The molecule has 10 atom stereocenters. The zero-order valence-corrected chi connectivity index (χ0v) is 19.5. The minimum Gasteiger partial charge on any atom is -0.387 e. The number of fused-ring (bicyclic) bond motifs is 5. The number of aliphatic hydroxyl groups is 2. The SMILES string of the molecule is COC[C@@]1(O)CC[C@@]2(C)[C@H](CC[C@@H]3[C@@H]2CC[C@@]2(C)[C@@H]([C@H](C)[C@H](O)C(F)(F)F)CC[C@@H]32)C1. The molecule has 0 aromatic heterocycles. The zero-order valence-electron chi connectivity index (χ0n) is 19.5. The second-order valence-corrected chi connectivity index (χ2v) is 12.1. The van der Waals surface area contributed by atoms with Crippen LogP contribution in [0.15, 0.2) is 0 Å². The molecule has 4 rings (SSSR count). The van der Waals surface area contributed by atoms with Gasteiger partial charge in [0.25, 0.3) is 0 Å². The molecule has 180 valence electrons. The van der Waals surface area contributed by atoms with Crippen molar-refractivity contribution >= 4 is 0 Å². The third-order valence-corrected chi connectivity index (χ3v) is 10.8. The Morgan fingerprint density at radius 3 is 2.29 bits per heavy atom. The van der Waals surface area contributed by atoms with E-state index >= 15 is 0 Å². The van der Waals surface area contributed by atoms with Gasteiger partial charge in [-0.1, -0.05) is 20.8 Å². The molecular weight excluding hydrogens is 405 g/mol. The molecule has 6 heteroatoms. The molecule has 4 fully saturated rings. The van der Waals surface area contributed by atoms with E-state index in [0.29, 0.717) is 30.3 Å². The Balaban J connectivity index is 1.53. The molecule has 0 aromatic rings. The highest BCUT2D eigenvalue weighted by atomic mass is 19.4. The van der Waals surface area contributed by atoms with Gasteiger partial charge in [0.1, 0.15) is 0 Å². The minimum atomic E-state index is -4.54. The first-order valence-electron chi connectivity index (χ1n) is 12.3. The van der Waals surface area contributed by atoms with Gasteiger partial charge in [0.2, 0.25) is 0 Å². The van der Waals surface area contributed by atoms with Crippen molar-refractivity contribution in [2.45, 2.75) is 96.4 Å². The number of hydrogen-bond acceptors (Lipinski definition) is 3. The maximum atomic E-state index is 13.2. The van der Waals surface area contributed by atoms with Gasteiger partial charge in [0.15, 0.2) is 6.10 Å². The summed E-state index contributed by atoms with van der Waals surface area (Å²) < 4.78 is 45.0. The first-order chi connectivity index (χ1) is 14.4. The number of hydrogen-bond donors (Lipinski definition) is 2. The first-order valence-corrected chi connectivity index (χ1v) is 12.3. The summed E-state index contributed by atoms with van der Waals surface area (Å²) >= 11 is 0. The van der Waals surface area contributed by atoms with Crippen molar-refractivity contribution in [1.29, 1.82) is 0 Å². The number of methoxy groups -OCH3 is 1. The van der Waals surface area contributed by atoms with Crippen LogP contribution in [0.3, 0.4) is 0 Å². The minimum absolute atomic E-state index is 0.0706. The van der Waals surface area contributed by atoms with E-state index in [-0.39, 0.29) is 16.7 Å². The number of aliphatic hydroxyl groups excluding tert-OH is 1. The Bertz CT molecular complexity index is 669. The lowest BCUT2D eigenvalue weighted by Gasteiger charge is -2.62. The molecular formula is C25H41F3O3. The van der Waals surface area contributed by atoms with E-state index in [2.05, 4.69) is 13.8 Å². The Hall–Kier alpha value is -0.330. The smallest absolute Gasteiger partial charge is 0.387 e. The number of halogens is 3. The Morgan fingerprint density at radius 2 is 1.65 bits per heavy atom. The highest BCUT2D eigenvalue weighted by molar-refractivity contribution is 5.11. The normalized spacial score (nSPS) is 49.6. The van der Waals surface area contributed by atoms with Crippen molar-refractivity contribution in [3.05, 3.63) is 0 Å². The van der Waals surface area contributed by atoms with Crippen molar-refractivity contribution in [2.24, 2.45) is 46.3 Å². The topological polar surface area (TPSA) is 49.7 Å². The monoisotopic (exact) mass is 446 g/mol. The maximum absolute atomic E-state index is 13.2. The van der Waals surface area contributed by atoms with Crippen LogP contribution in [0.4, 0.5) is 13.2 Å². The molecule has 0 unspecified atom stereocenters. The molecule has 4 saturated carbocycles. The van der Waals surface area contributed by atoms with Gasteiger partial charge in [-0.3, -0.25) is 0 Å². The van der Waals surface area contributed by atoms with Crippen LogP contribution in [0.2, 0.25) is 0 Å². The van der Waals surface area contributed by atoms with E-state index in [0.717, 1.165) is 57.8 Å². The molecule has 0 bridgehead atoms. The Morgan fingerprint density at radius 1 is 0.968 bits per heavy atom. The van der Waals surface area contributed by atoms with Crippen LogP contribution in [-0.2, 0) is 4.74 Å². The molecule has 0 radical (unpaired) electrons. The summed E-state index contributed by atoms with van der Waals surface area (Å²) in [6.07, 6.45) is 1.86. The van der Waals surface area contributed by atoms with Crippen molar-refractivity contribution in [3.63, 3.8) is 0 Å². The maximum Gasteiger partial charge on any atom is 0.414 e. The molecule has 0 spiro atoms. The van der Waals surface area contributed by atoms with Crippen LogP contribution in [-0.4, -0.2) is 41.8 Å². The zero-order chi connectivity index (χ0) is 22.8. The van der Waals surface area contributed by atoms with Crippen LogP contribution in [0.1, 0.15) is 78.6 Å². The Kier molecular flexibility index (Phi) is 6.05. The predicted molar refractivity (Wildman–Crippen MR) is 113 cm³/mol. The van der Waals surface area contributed by atoms with Gasteiger partial charge in [0, 0.05) is 7.11 Å². The standard InChI is InChI=1S/C25H41F3O3/c1-15(21(29)25(26,27)28)18-7-8-19-17-6-5-16-13-24(30,14-31-4)12-11-22(16,2)20(17)9-10-23(18,19)3/h15-21,29-30H,5-14H2,1-4H3/t15-,16+,17-,18+,19-,20-,21-,22-,23-,24+/m0/s1. The van der Waals surface area contributed by atoms with Gasteiger partial charge < -0.3 is 14.9 Å². The summed E-state index contributed by atoms with van der Waals surface area (Å²) in [5, 5.41) is 21.0. The summed E-state index contributed by atoms with van der Waals surface area (Å²) in [7, 11) is 1.65. The lowest BCUT2D eigenvalue weighted by Crippen LogP contribution is -2.57. The number of rotatable bonds is 4. The summed E-state index contributed by atoms with van der Waals surface area (Å²) in [6, 6.07) is 0. The lowest BCUT2D eigenvalue weighted by atomic mass is 9.43. The lowest BCUT2D eigenvalue weighted by molar-refractivity contribution is -0.228. The molecule has 0 amide bonds. The van der Waals surface area contributed by atoms with Crippen molar-refractivity contribution in [3.8, 4) is 0 Å². The fraction of sp³-hybridized carbons (Fsp3) is 1.00. The molecule has 4 aliphatic rings. The Labute approximate surface area is 185 Å². The van der Waals surface area contributed by atoms with Gasteiger partial charge >= 0.3 is 6.18 Å².